The molecule has 1 heterocycles. The van der Waals surface area contributed by atoms with Crippen LogP contribution in [0, 0.1) is 0 Å². The Balaban J connectivity index is 1.74. The standard InChI is InChI=1S/C28H27NO3S/c1-3-4-8-21-18-29(24-11-7-12-25(33-2)26(24)27(21)30)17-19-13-15-20(16-14-19)22-9-5-6-10-23(22)28(31)32/h5-7,9-16,18H,3-4,8,17H2,1-2H3,(H,31,32). The SMILES string of the molecule is CCCCc1cn(Cc2ccc(-c3ccccc3C(=O)O)cc2)c2cccc(SC)c2c1=O. The van der Waals surface area contributed by atoms with Gasteiger partial charge in [-0.15, -0.1) is 11.8 Å². The topological polar surface area (TPSA) is 59.3 Å². The van der Waals surface area contributed by atoms with Gasteiger partial charge in [0, 0.05) is 23.2 Å². The molecule has 0 amide bonds. The highest BCUT2D eigenvalue weighted by atomic mass is 32.2. The van der Waals surface area contributed by atoms with Gasteiger partial charge in [-0.2, -0.15) is 0 Å². The highest BCUT2D eigenvalue weighted by Crippen LogP contribution is 2.27. The van der Waals surface area contributed by atoms with Gasteiger partial charge in [-0.1, -0.05) is 61.9 Å². The molecule has 4 aromatic rings. The minimum Gasteiger partial charge on any atom is -0.478 e. The Labute approximate surface area is 197 Å². The molecule has 0 aliphatic carbocycles. The van der Waals surface area contributed by atoms with E-state index in [0.29, 0.717) is 17.7 Å². The van der Waals surface area contributed by atoms with Crippen molar-refractivity contribution in [1.29, 1.82) is 0 Å². The third-order valence-corrected chi connectivity index (χ3v) is 6.72. The summed E-state index contributed by atoms with van der Waals surface area (Å²) in [5.41, 5.74) is 4.89. The van der Waals surface area contributed by atoms with Gasteiger partial charge in [-0.05, 0) is 54.0 Å². The second-order valence-electron chi connectivity index (χ2n) is 8.12. The number of aromatic carboxylic acids is 1. The number of unbranched alkanes of at least 4 members (excludes halogenated alkanes) is 1. The van der Waals surface area contributed by atoms with Gasteiger partial charge in [0.2, 0.25) is 0 Å². The van der Waals surface area contributed by atoms with Gasteiger partial charge < -0.3 is 9.67 Å². The first kappa shape index (κ1) is 22.9. The van der Waals surface area contributed by atoms with Crippen LogP contribution in [0.15, 0.2) is 82.6 Å². The first-order chi connectivity index (χ1) is 16.0. The molecule has 0 aliphatic rings. The van der Waals surface area contributed by atoms with E-state index < -0.39 is 5.97 Å². The zero-order valence-corrected chi connectivity index (χ0v) is 19.7. The zero-order chi connectivity index (χ0) is 23.4. The van der Waals surface area contributed by atoms with Crippen molar-refractivity contribution >= 4 is 28.6 Å². The van der Waals surface area contributed by atoms with Crippen LogP contribution in [0.5, 0.6) is 0 Å². The fraction of sp³-hybridized carbons (Fsp3) is 0.214. The Hall–Kier alpha value is -3.31. The summed E-state index contributed by atoms with van der Waals surface area (Å²) in [5, 5.41) is 10.3. The van der Waals surface area contributed by atoms with Gasteiger partial charge in [-0.25, -0.2) is 4.79 Å². The molecule has 0 unspecified atom stereocenters. The summed E-state index contributed by atoms with van der Waals surface area (Å²) in [4.78, 5) is 25.8. The first-order valence-electron chi connectivity index (χ1n) is 11.1. The van der Waals surface area contributed by atoms with Crippen molar-refractivity contribution in [3.05, 3.63) is 99.8 Å². The Bertz CT molecular complexity index is 1360. The van der Waals surface area contributed by atoms with Crippen LogP contribution in [0.3, 0.4) is 0 Å². The molecule has 3 aromatic carbocycles. The predicted octanol–water partition coefficient (Wildman–Crippen LogP) is 6.48. The van der Waals surface area contributed by atoms with Crippen molar-refractivity contribution in [3.63, 3.8) is 0 Å². The summed E-state index contributed by atoms with van der Waals surface area (Å²) in [6.07, 6.45) is 6.82. The van der Waals surface area contributed by atoms with E-state index in [1.165, 1.54) is 0 Å². The molecule has 0 aliphatic heterocycles. The normalized spacial score (nSPS) is 11.1. The second kappa shape index (κ2) is 10.1. The lowest BCUT2D eigenvalue weighted by Crippen LogP contribution is -2.16. The summed E-state index contributed by atoms with van der Waals surface area (Å²) in [6, 6.07) is 21.1. The molecule has 0 spiro atoms. The van der Waals surface area contributed by atoms with Crippen LogP contribution in [0.1, 0.15) is 41.3 Å². The number of thioether (sulfide) groups is 1. The number of pyridine rings is 1. The molecule has 1 N–H and O–H groups in total. The summed E-state index contributed by atoms with van der Waals surface area (Å²) in [7, 11) is 0. The third-order valence-electron chi connectivity index (χ3n) is 5.94. The molecule has 0 bridgehead atoms. The lowest BCUT2D eigenvalue weighted by molar-refractivity contribution is 0.0697. The van der Waals surface area contributed by atoms with Gasteiger partial charge in [0.05, 0.1) is 16.5 Å². The Morgan fingerprint density at radius 1 is 1.00 bits per heavy atom. The van der Waals surface area contributed by atoms with Crippen LogP contribution in [-0.4, -0.2) is 21.9 Å². The lowest BCUT2D eigenvalue weighted by Gasteiger charge is -2.16. The van der Waals surface area contributed by atoms with E-state index in [1.54, 1.807) is 23.9 Å². The van der Waals surface area contributed by atoms with E-state index in [0.717, 1.165) is 51.8 Å². The van der Waals surface area contributed by atoms with E-state index in [2.05, 4.69) is 11.5 Å². The quantitative estimate of drug-likeness (QED) is 0.308. The number of rotatable bonds is 8. The lowest BCUT2D eigenvalue weighted by atomic mass is 9.98. The van der Waals surface area contributed by atoms with Gasteiger partial charge in [-0.3, -0.25) is 4.79 Å². The van der Waals surface area contributed by atoms with Crippen molar-refractivity contribution < 1.29 is 9.90 Å². The third kappa shape index (κ3) is 4.74. The van der Waals surface area contributed by atoms with Crippen LogP contribution in [0.4, 0.5) is 0 Å². The molecule has 4 nitrogen and oxygen atoms in total. The number of benzene rings is 3. The molecule has 168 valence electrons. The average molecular weight is 458 g/mol. The summed E-state index contributed by atoms with van der Waals surface area (Å²) < 4.78 is 2.17. The largest absolute Gasteiger partial charge is 0.478 e. The molecule has 1 aromatic heterocycles. The van der Waals surface area contributed by atoms with Crippen molar-refractivity contribution in [2.75, 3.05) is 6.26 Å². The molecule has 0 atom stereocenters. The Morgan fingerprint density at radius 2 is 1.76 bits per heavy atom. The van der Waals surface area contributed by atoms with Crippen molar-refractivity contribution in [3.8, 4) is 11.1 Å². The van der Waals surface area contributed by atoms with Gasteiger partial charge in [0.15, 0.2) is 5.43 Å². The number of fused-ring (bicyclic) bond motifs is 1. The number of hydrogen-bond donors (Lipinski definition) is 1. The smallest absolute Gasteiger partial charge is 0.336 e. The molecule has 0 saturated carbocycles. The average Bonchev–Trinajstić information content (AvgIpc) is 2.85. The highest BCUT2D eigenvalue weighted by molar-refractivity contribution is 7.98. The Morgan fingerprint density at radius 3 is 2.45 bits per heavy atom. The molecular weight excluding hydrogens is 430 g/mol. The number of carbonyl (C=O) groups is 1. The summed E-state index contributed by atoms with van der Waals surface area (Å²) >= 11 is 1.60. The van der Waals surface area contributed by atoms with Crippen molar-refractivity contribution in [2.24, 2.45) is 0 Å². The van der Waals surface area contributed by atoms with Crippen LogP contribution in [-0.2, 0) is 13.0 Å². The van der Waals surface area contributed by atoms with Crippen LogP contribution >= 0.6 is 11.8 Å². The fourth-order valence-corrected chi connectivity index (χ4v) is 4.83. The maximum atomic E-state index is 13.2. The zero-order valence-electron chi connectivity index (χ0n) is 18.9. The number of aryl methyl sites for hydroxylation is 1. The molecule has 0 fully saturated rings. The van der Waals surface area contributed by atoms with E-state index in [1.807, 2.05) is 67.0 Å². The maximum absolute atomic E-state index is 13.2. The summed E-state index contributed by atoms with van der Waals surface area (Å²) in [6.45, 7) is 2.77. The monoisotopic (exact) mass is 457 g/mol. The fourth-order valence-electron chi connectivity index (χ4n) is 4.22. The number of nitrogens with zero attached hydrogens (tertiary/aromatic N) is 1. The van der Waals surface area contributed by atoms with Gasteiger partial charge in [0.25, 0.3) is 0 Å². The molecule has 0 radical (unpaired) electrons. The number of hydrogen-bond acceptors (Lipinski definition) is 3. The second-order valence-corrected chi connectivity index (χ2v) is 8.97. The maximum Gasteiger partial charge on any atom is 0.336 e. The van der Waals surface area contributed by atoms with Crippen molar-refractivity contribution in [2.45, 2.75) is 37.6 Å². The molecule has 4 rings (SSSR count). The van der Waals surface area contributed by atoms with E-state index >= 15 is 0 Å². The summed E-state index contributed by atoms with van der Waals surface area (Å²) in [5.74, 6) is -0.932. The van der Waals surface area contributed by atoms with Crippen LogP contribution in [0.2, 0.25) is 0 Å². The first-order valence-corrected chi connectivity index (χ1v) is 12.4. The van der Waals surface area contributed by atoms with Crippen molar-refractivity contribution in [1.82, 2.24) is 4.57 Å². The minimum absolute atomic E-state index is 0.139. The Kier molecular flexibility index (Phi) is 6.99. The molecule has 0 saturated heterocycles. The molecule has 33 heavy (non-hydrogen) atoms. The number of carboxylic acid groups (broad SMARTS) is 1. The minimum atomic E-state index is -0.932. The van der Waals surface area contributed by atoms with E-state index in [9.17, 15) is 14.7 Å². The molecule has 5 heteroatoms. The van der Waals surface area contributed by atoms with Crippen LogP contribution < -0.4 is 5.43 Å². The van der Waals surface area contributed by atoms with Crippen LogP contribution in [0.25, 0.3) is 22.0 Å². The highest BCUT2D eigenvalue weighted by Gasteiger charge is 2.14. The predicted molar refractivity (Wildman–Crippen MR) is 137 cm³/mol. The van der Waals surface area contributed by atoms with Gasteiger partial charge in [0.1, 0.15) is 0 Å². The van der Waals surface area contributed by atoms with E-state index in [4.69, 9.17) is 0 Å². The number of carboxylic acids is 1. The number of aromatic nitrogens is 1. The molecular formula is C28H27NO3S. The van der Waals surface area contributed by atoms with Gasteiger partial charge >= 0.3 is 5.97 Å². The van der Waals surface area contributed by atoms with E-state index in [-0.39, 0.29) is 5.43 Å².